The number of hydrogen-bond donors (Lipinski definition) is 0. The van der Waals surface area contributed by atoms with E-state index >= 15 is 0 Å². The first-order valence-electron chi connectivity index (χ1n) is 17.3. The molecule has 0 N–H and O–H groups in total. The fraction of sp³-hybridized carbons (Fsp3) is 0.676. The van der Waals surface area contributed by atoms with Gasteiger partial charge in [-0.25, -0.2) is 0 Å². The van der Waals surface area contributed by atoms with Gasteiger partial charge in [-0.3, -0.25) is 0 Å². The Kier molecular flexibility index (Phi) is 27.5. The fourth-order valence-corrected chi connectivity index (χ4v) is 4.38. The second kappa shape index (κ2) is 31.5. The molecule has 2 rings (SSSR count). The van der Waals surface area contributed by atoms with Crippen LogP contribution in [0.5, 0.6) is 5.75 Å². The van der Waals surface area contributed by atoms with E-state index in [9.17, 15) is 0 Å². The minimum absolute atomic E-state index is 0.525. The third-order valence-corrected chi connectivity index (χ3v) is 6.95. The van der Waals surface area contributed by atoms with Crippen LogP contribution in [0.2, 0.25) is 0 Å². The first kappa shape index (κ1) is 40.1. The van der Waals surface area contributed by atoms with Crippen LogP contribution in [-0.2, 0) is 50.9 Å². The second-order valence-electron chi connectivity index (χ2n) is 10.8. The number of hydrogen-bond acceptors (Lipinski definition) is 9. The van der Waals surface area contributed by atoms with Gasteiger partial charge in [0.2, 0.25) is 0 Å². The second-order valence-corrected chi connectivity index (χ2v) is 10.8. The smallest absolute Gasteiger partial charge is 0.119 e. The Morgan fingerprint density at radius 3 is 1.26 bits per heavy atom. The zero-order valence-corrected chi connectivity index (χ0v) is 28.3. The fourth-order valence-electron chi connectivity index (χ4n) is 4.38. The van der Waals surface area contributed by atoms with Gasteiger partial charge in [0.25, 0.3) is 0 Å². The Hall–Kier alpha value is -2.08. The van der Waals surface area contributed by atoms with Crippen LogP contribution < -0.4 is 4.74 Å². The molecule has 0 fully saturated rings. The van der Waals surface area contributed by atoms with Crippen LogP contribution in [0.25, 0.3) is 0 Å². The summed E-state index contributed by atoms with van der Waals surface area (Å²) >= 11 is 0. The lowest BCUT2D eigenvalue weighted by atomic mass is 10.0. The van der Waals surface area contributed by atoms with E-state index in [1.165, 1.54) is 44.1 Å². The Bertz CT molecular complexity index is 882. The summed E-state index contributed by atoms with van der Waals surface area (Å²) in [4.78, 5) is 0. The highest BCUT2D eigenvalue weighted by atomic mass is 16.6. The summed E-state index contributed by atoms with van der Waals surface area (Å²) in [5.74, 6) is 0.889. The number of ether oxygens (including phenoxy) is 9. The van der Waals surface area contributed by atoms with Crippen molar-refractivity contribution >= 4 is 0 Å². The minimum atomic E-state index is 0.525. The Morgan fingerprint density at radius 1 is 0.370 bits per heavy atom. The molecule has 2 aromatic carbocycles. The summed E-state index contributed by atoms with van der Waals surface area (Å²) in [5.41, 5.74) is 2.54. The van der Waals surface area contributed by atoms with Crippen LogP contribution >= 0.6 is 0 Å². The highest BCUT2D eigenvalue weighted by Gasteiger charge is 1.99. The standard InChI is InChI=1S/C37H60O9/c1-2-3-4-5-6-8-11-35-14-16-37(17-15-35)46-33-32-44-29-28-42-25-24-40-21-20-38-18-19-39-22-23-41-26-27-43-30-31-45-34-36-12-9-7-10-13-36/h7,9-10,12-17H,2-6,8,11,18-34H2,1H3. The molecule has 0 aliphatic rings. The summed E-state index contributed by atoms with van der Waals surface area (Å²) in [6.07, 6.45) is 9.11. The Labute approximate surface area is 278 Å². The van der Waals surface area contributed by atoms with Crippen LogP contribution in [0, 0.1) is 0 Å². The van der Waals surface area contributed by atoms with Gasteiger partial charge in [-0.1, -0.05) is 81.5 Å². The first-order valence-corrected chi connectivity index (χ1v) is 17.3. The summed E-state index contributed by atoms with van der Waals surface area (Å²) in [6.45, 7) is 11.4. The van der Waals surface area contributed by atoms with E-state index in [0.29, 0.717) is 112 Å². The van der Waals surface area contributed by atoms with Crippen molar-refractivity contribution in [3.63, 3.8) is 0 Å². The molecule has 46 heavy (non-hydrogen) atoms. The monoisotopic (exact) mass is 648 g/mol. The van der Waals surface area contributed by atoms with Crippen LogP contribution in [0.15, 0.2) is 54.6 Å². The number of unbranched alkanes of at least 4 members (excludes halogenated alkanes) is 5. The van der Waals surface area contributed by atoms with Crippen LogP contribution in [0.1, 0.15) is 56.6 Å². The van der Waals surface area contributed by atoms with E-state index in [4.69, 9.17) is 42.6 Å². The predicted octanol–water partition coefficient (Wildman–Crippen LogP) is 6.30. The van der Waals surface area contributed by atoms with Gasteiger partial charge >= 0.3 is 0 Å². The van der Waals surface area contributed by atoms with Crippen molar-refractivity contribution in [3.05, 3.63) is 65.7 Å². The molecule has 0 amide bonds. The van der Waals surface area contributed by atoms with E-state index in [-0.39, 0.29) is 0 Å². The molecule has 0 bridgehead atoms. The maximum atomic E-state index is 5.77. The Balaban J connectivity index is 1.20. The number of benzene rings is 2. The Morgan fingerprint density at radius 2 is 0.783 bits per heavy atom. The molecule has 0 radical (unpaired) electrons. The molecule has 0 aromatic heterocycles. The van der Waals surface area contributed by atoms with E-state index < -0.39 is 0 Å². The molecule has 2 aromatic rings. The molecule has 9 nitrogen and oxygen atoms in total. The summed E-state index contributed by atoms with van der Waals surface area (Å²) in [6, 6.07) is 18.5. The maximum Gasteiger partial charge on any atom is 0.119 e. The molecule has 0 spiro atoms. The van der Waals surface area contributed by atoms with Crippen molar-refractivity contribution in [1.29, 1.82) is 0 Å². The predicted molar refractivity (Wildman–Crippen MR) is 181 cm³/mol. The van der Waals surface area contributed by atoms with E-state index in [2.05, 4.69) is 31.2 Å². The van der Waals surface area contributed by atoms with Gasteiger partial charge in [-0.05, 0) is 36.1 Å². The van der Waals surface area contributed by atoms with Crippen LogP contribution in [-0.4, -0.2) is 106 Å². The van der Waals surface area contributed by atoms with Crippen molar-refractivity contribution in [2.45, 2.75) is 58.5 Å². The highest BCUT2D eigenvalue weighted by molar-refractivity contribution is 5.27. The lowest BCUT2D eigenvalue weighted by molar-refractivity contribution is -0.0240. The minimum Gasteiger partial charge on any atom is -0.491 e. The van der Waals surface area contributed by atoms with Gasteiger partial charge in [0.1, 0.15) is 12.4 Å². The van der Waals surface area contributed by atoms with Crippen LogP contribution in [0.4, 0.5) is 0 Å². The van der Waals surface area contributed by atoms with Crippen molar-refractivity contribution in [2.24, 2.45) is 0 Å². The number of aryl methyl sites for hydroxylation is 1. The normalized spacial score (nSPS) is 11.3. The van der Waals surface area contributed by atoms with Crippen molar-refractivity contribution < 1.29 is 42.6 Å². The third-order valence-electron chi connectivity index (χ3n) is 6.95. The molecule has 0 saturated carbocycles. The number of rotatable bonds is 34. The van der Waals surface area contributed by atoms with E-state index in [1.54, 1.807) is 0 Å². The average Bonchev–Trinajstić information content (AvgIpc) is 3.09. The molecule has 0 heterocycles. The quantitative estimate of drug-likeness (QED) is 0.0812. The molecule has 9 heteroatoms. The molecule has 262 valence electrons. The molecular weight excluding hydrogens is 588 g/mol. The summed E-state index contributed by atoms with van der Waals surface area (Å²) in [5, 5.41) is 0. The maximum absolute atomic E-state index is 5.77. The van der Waals surface area contributed by atoms with E-state index in [1.807, 2.05) is 30.3 Å². The molecular formula is C37H60O9. The lowest BCUT2D eigenvalue weighted by Crippen LogP contribution is -2.15. The summed E-state index contributed by atoms with van der Waals surface area (Å²) in [7, 11) is 0. The molecule has 0 aliphatic heterocycles. The van der Waals surface area contributed by atoms with Gasteiger partial charge in [-0.2, -0.15) is 0 Å². The van der Waals surface area contributed by atoms with Crippen molar-refractivity contribution in [3.8, 4) is 5.75 Å². The van der Waals surface area contributed by atoms with Crippen molar-refractivity contribution in [2.75, 3.05) is 106 Å². The largest absolute Gasteiger partial charge is 0.491 e. The molecule has 0 atom stereocenters. The third kappa shape index (κ3) is 25.1. The van der Waals surface area contributed by atoms with Crippen LogP contribution in [0.3, 0.4) is 0 Å². The lowest BCUT2D eigenvalue weighted by Gasteiger charge is -2.09. The van der Waals surface area contributed by atoms with Gasteiger partial charge in [0, 0.05) is 0 Å². The van der Waals surface area contributed by atoms with E-state index in [0.717, 1.165) is 17.7 Å². The SMILES string of the molecule is CCCCCCCCc1ccc(OCCOCCOCCOCCOCCOCCOCCOCCOCc2ccccc2)cc1. The van der Waals surface area contributed by atoms with Gasteiger partial charge in [-0.15, -0.1) is 0 Å². The van der Waals surface area contributed by atoms with Gasteiger partial charge < -0.3 is 42.6 Å². The van der Waals surface area contributed by atoms with Gasteiger partial charge in [0.15, 0.2) is 0 Å². The molecule has 0 aliphatic carbocycles. The highest BCUT2D eigenvalue weighted by Crippen LogP contribution is 2.15. The first-order chi connectivity index (χ1) is 22.9. The average molecular weight is 649 g/mol. The zero-order valence-electron chi connectivity index (χ0n) is 28.3. The molecule has 0 saturated heterocycles. The molecule has 0 unspecified atom stereocenters. The zero-order chi connectivity index (χ0) is 32.4. The summed E-state index contributed by atoms with van der Waals surface area (Å²) < 4.78 is 50.0. The van der Waals surface area contributed by atoms with Crippen molar-refractivity contribution in [1.82, 2.24) is 0 Å². The van der Waals surface area contributed by atoms with Gasteiger partial charge in [0.05, 0.1) is 106 Å². The topological polar surface area (TPSA) is 83.1 Å².